The maximum absolute atomic E-state index is 12.4. The van der Waals surface area contributed by atoms with Gasteiger partial charge in [-0.05, 0) is 40.2 Å². The van der Waals surface area contributed by atoms with E-state index in [1.54, 1.807) is 4.31 Å². The molecule has 1 unspecified atom stereocenters. The number of morpholine rings is 1. The van der Waals surface area contributed by atoms with Crippen molar-refractivity contribution in [2.45, 2.75) is 65.2 Å². The molecular weight excluding hydrogens is 276 g/mol. The molecule has 0 aliphatic carbocycles. The van der Waals surface area contributed by atoms with Crippen LogP contribution in [0.3, 0.4) is 0 Å². The van der Waals surface area contributed by atoms with Crippen LogP contribution in [0.5, 0.6) is 0 Å². The summed E-state index contributed by atoms with van der Waals surface area (Å²) in [4.78, 5) is 0. The van der Waals surface area contributed by atoms with Crippen molar-refractivity contribution >= 4 is 10.0 Å². The van der Waals surface area contributed by atoms with E-state index < -0.39 is 15.6 Å². The molecule has 0 bridgehead atoms. The van der Waals surface area contributed by atoms with E-state index in [0.29, 0.717) is 25.6 Å². The van der Waals surface area contributed by atoms with Gasteiger partial charge in [0.05, 0.1) is 17.5 Å². The van der Waals surface area contributed by atoms with Crippen LogP contribution in [-0.4, -0.2) is 55.9 Å². The number of unbranched alkanes of at least 4 members (excludes halogenated alkanes) is 1. The first-order valence-corrected chi connectivity index (χ1v) is 9.12. The highest BCUT2D eigenvalue weighted by atomic mass is 32.2. The molecule has 1 saturated heterocycles. The molecule has 1 aliphatic heterocycles. The van der Waals surface area contributed by atoms with E-state index >= 15 is 0 Å². The van der Waals surface area contributed by atoms with E-state index in [-0.39, 0.29) is 11.9 Å². The SMILES string of the molecule is CC(C)NCCCCS(=O)(=O)N1CC(C)OC(C)(C)C1. The van der Waals surface area contributed by atoms with Crippen molar-refractivity contribution < 1.29 is 13.2 Å². The van der Waals surface area contributed by atoms with E-state index in [1.807, 2.05) is 20.8 Å². The molecule has 6 heteroatoms. The molecule has 0 aromatic carbocycles. The quantitative estimate of drug-likeness (QED) is 0.726. The zero-order valence-electron chi connectivity index (χ0n) is 13.5. The lowest BCUT2D eigenvalue weighted by atomic mass is 10.1. The number of nitrogens with one attached hydrogen (secondary N) is 1. The van der Waals surface area contributed by atoms with Crippen LogP contribution in [0.25, 0.3) is 0 Å². The zero-order chi connectivity index (χ0) is 15.4. The minimum Gasteiger partial charge on any atom is -0.370 e. The summed E-state index contributed by atoms with van der Waals surface area (Å²) in [7, 11) is -3.16. The molecule has 1 N–H and O–H groups in total. The van der Waals surface area contributed by atoms with Crippen molar-refractivity contribution in [2.24, 2.45) is 0 Å². The van der Waals surface area contributed by atoms with Crippen LogP contribution >= 0.6 is 0 Å². The van der Waals surface area contributed by atoms with Crippen molar-refractivity contribution in [3.8, 4) is 0 Å². The molecule has 1 aliphatic rings. The maximum atomic E-state index is 12.4. The molecular formula is C14H30N2O3S. The largest absolute Gasteiger partial charge is 0.370 e. The molecule has 0 spiro atoms. The van der Waals surface area contributed by atoms with Crippen LogP contribution < -0.4 is 5.32 Å². The number of rotatable bonds is 7. The van der Waals surface area contributed by atoms with Gasteiger partial charge < -0.3 is 10.1 Å². The average Bonchev–Trinajstić information content (AvgIpc) is 2.25. The molecule has 0 aromatic rings. The Morgan fingerprint density at radius 2 is 2.00 bits per heavy atom. The fourth-order valence-electron chi connectivity index (χ4n) is 2.54. The normalized spacial score (nSPS) is 24.2. The van der Waals surface area contributed by atoms with Crippen molar-refractivity contribution in [1.29, 1.82) is 0 Å². The fourth-order valence-corrected chi connectivity index (χ4v) is 4.31. The number of hydrogen-bond donors (Lipinski definition) is 1. The third-order valence-corrected chi connectivity index (χ3v) is 5.18. The van der Waals surface area contributed by atoms with E-state index in [9.17, 15) is 8.42 Å². The number of sulfonamides is 1. The van der Waals surface area contributed by atoms with Crippen LogP contribution in [0.2, 0.25) is 0 Å². The predicted molar refractivity (Wildman–Crippen MR) is 82.4 cm³/mol. The Balaban J connectivity index is 2.43. The lowest BCUT2D eigenvalue weighted by molar-refractivity contribution is -0.109. The first-order chi connectivity index (χ1) is 9.12. The summed E-state index contributed by atoms with van der Waals surface area (Å²) in [6.45, 7) is 11.8. The zero-order valence-corrected chi connectivity index (χ0v) is 14.3. The fraction of sp³-hybridized carbons (Fsp3) is 1.00. The minimum absolute atomic E-state index is 0.0452. The molecule has 0 radical (unpaired) electrons. The minimum atomic E-state index is -3.16. The second-order valence-electron chi connectivity index (χ2n) is 6.61. The second kappa shape index (κ2) is 7.20. The lowest BCUT2D eigenvalue weighted by Gasteiger charge is -2.40. The van der Waals surface area contributed by atoms with E-state index in [0.717, 1.165) is 13.0 Å². The Labute approximate surface area is 124 Å². The molecule has 0 amide bonds. The van der Waals surface area contributed by atoms with Crippen LogP contribution in [0, 0.1) is 0 Å². The highest BCUT2D eigenvalue weighted by Crippen LogP contribution is 2.23. The van der Waals surface area contributed by atoms with E-state index in [4.69, 9.17) is 4.74 Å². The lowest BCUT2D eigenvalue weighted by Crippen LogP contribution is -2.54. The number of ether oxygens (including phenoxy) is 1. The van der Waals surface area contributed by atoms with Gasteiger partial charge in [-0.25, -0.2) is 8.42 Å². The Kier molecular flexibility index (Phi) is 6.44. The molecule has 120 valence electrons. The Morgan fingerprint density at radius 1 is 1.35 bits per heavy atom. The summed E-state index contributed by atoms with van der Waals surface area (Å²) >= 11 is 0. The van der Waals surface area contributed by atoms with Gasteiger partial charge in [-0.1, -0.05) is 13.8 Å². The van der Waals surface area contributed by atoms with E-state index in [2.05, 4.69) is 19.2 Å². The monoisotopic (exact) mass is 306 g/mol. The van der Waals surface area contributed by atoms with Crippen molar-refractivity contribution in [1.82, 2.24) is 9.62 Å². The number of nitrogens with zero attached hydrogens (tertiary/aromatic N) is 1. The Hall–Kier alpha value is -0.170. The topological polar surface area (TPSA) is 58.6 Å². The summed E-state index contributed by atoms with van der Waals surface area (Å²) < 4.78 is 32.1. The molecule has 0 aromatic heterocycles. The van der Waals surface area contributed by atoms with Crippen molar-refractivity contribution in [3.63, 3.8) is 0 Å². The number of hydrogen-bond acceptors (Lipinski definition) is 4. The Bertz CT molecular complexity index is 393. The van der Waals surface area contributed by atoms with Gasteiger partial charge in [-0.15, -0.1) is 0 Å². The van der Waals surface area contributed by atoms with Gasteiger partial charge in [-0.2, -0.15) is 4.31 Å². The van der Waals surface area contributed by atoms with Crippen molar-refractivity contribution in [3.05, 3.63) is 0 Å². The van der Waals surface area contributed by atoms with Gasteiger partial charge in [0, 0.05) is 19.1 Å². The molecule has 1 rings (SSSR count). The summed E-state index contributed by atoms with van der Waals surface area (Å²) in [6.07, 6.45) is 1.55. The summed E-state index contributed by atoms with van der Waals surface area (Å²) in [6, 6.07) is 0.451. The van der Waals surface area contributed by atoms with Gasteiger partial charge in [0.1, 0.15) is 0 Å². The maximum Gasteiger partial charge on any atom is 0.214 e. The molecule has 0 saturated carbocycles. The van der Waals surface area contributed by atoms with Crippen LogP contribution in [-0.2, 0) is 14.8 Å². The van der Waals surface area contributed by atoms with Crippen LogP contribution in [0.1, 0.15) is 47.5 Å². The third-order valence-electron chi connectivity index (χ3n) is 3.31. The second-order valence-corrected chi connectivity index (χ2v) is 8.70. The summed E-state index contributed by atoms with van der Waals surface area (Å²) in [5.41, 5.74) is -0.399. The third kappa shape index (κ3) is 6.08. The molecule has 1 heterocycles. The van der Waals surface area contributed by atoms with Gasteiger partial charge in [0.25, 0.3) is 0 Å². The summed E-state index contributed by atoms with van der Waals surface area (Å²) in [5.74, 6) is 0.232. The average molecular weight is 306 g/mol. The summed E-state index contributed by atoms with van der Waals surface area (Å²) in [5, 5.41) is 3.30. The van der Waals surface area contributed by atoms with Gasteiger partial charge in [0.2, 0.25) is 10.0 Å². The first-order valence-electron chi connectivity index (χ1n) is 7.51. The molecule has 1 atom stereocenters. The van der Waals surface area contributed by atoms with Gasteiger partial charge in [-0.3, -0.25) is 0 Å². The first kappa shape index (κ1) is 17.9. The predicted octanol–water partition coefficient (Wildman–Crippen LogP) is 1.59. The molecule has 20 heavy (non-hydrogen) atoms. The standard InChI is InChI=1S/C14H30N2O3S/c1-12(2)15-8-6-7-9-20(17,18)16-10-13(3)19-14(4,5)11-16/h12-13,15H,6-11H2,1-5H3. The molecule has 1 fully saturated rings. The van der Waals surface area contributed by atoms with Crippen molar-refractivity contribution in [2.75, 3.05) is 25.4 Å². The highest BCUT2D eigenvalue weighted by molar-refractivity contribution is 7.89. The smallest absolute Gasteiger partial charge is 0.214 e. The Morgan fingerprint density at radius 3 is 2.55 bits per heavy atom. The molecule has 5 nitrogen and oxygen atoms in total. The van der Waals surface area contributed by atoms with Gasteiger partial charge >= 0.3 is 0 Å². The van der Waals surface area contributed by atoms with Crippen LogP contribution in [0.15, 0.2) is 0 Å². The van der Waals surface area contributed by atoms with Crippen LogP contribution in [0.4, 0.5) is 0 Å². The van der Waals surface area contributed by atoms with Gasteiger partial charge in [0.15, 0.2) is 0 Å². The van der Waals surface area contributed by atoms with E-state index in [1.165, 1.54) is 0 Å². The highest BCUT2D eigenvalue weighted by Gasteiger charge is 2.36.